The molecule has 0 N–H and O–H groups in total. The predicted molar refractivity (Wildman–Crippen MR) is 95.6 cm³/mol. The Labute approximate surface area is 146 Å². The molecule has 0 spiro atoms. The number of benzene rings is 1. The molecule has 4 rings (SSSR count). The van der Waals surface area contributed by atoms with Gasteiger partial charge in [-0.2, -0.15) is 5.10 Å². The number of hydrogen-bond donors (Lipinski definition) is 0. The molecule has 3 aromatic rings. The first-order valence-electron chi connectivity index (χ1n) is 8.49. The molecule has 1 aromatic carbocycles. The van der Waals surface area contributed by atoms with E-state index >= 15 is 0 Å². The molecule has 0 radical (unpaired) electrons. The Balaban J connectivity index is 1.65. The Morgan fingerprint density at radius 2 is 1.88 bits per heavy atom. The van der Waals surface area contributed by atoms with Crippen molar-refractivity contribution in [3.63, 3.8) is 0 Å². The van der Waals surface area contributed by atoms with E-state index in [0.29, 0.717) is 12.1 Å². The molecule has 3 heterocycles. The van der Waals surface area contributed by atoms with Crippen molar-refractivity contribution < 1.29 is 4.79 Å². The summed E-state index contributed by atoms with van der Waals surface area (Å²) in [6, 6.07) is 14.2. The second-order valence-corrected chi connectivity index (χ2v) is 6.50. The number of carbonyl (C=O) groups is 1. The van der Waals surface area contributed by atoms with Crippen molar-refractivity contribution in [2.45, 2.75) is 32.9 Å². The third kappa shape index (κ3) is 2.71. The van der Waals surface area contributed by atoms with Gasteiger partial charge in [0.15, 0.2) is 5.82 Å². The summed E-state index contributed by atoms with van der Waals surface area (Å²) in [5, 5.41) is 4.38. The van der Waals surface area contributed by atoms with E-state index in [0.717, 1.165) is 17.9 Å². The molecule has 126 valence electrons. The first kappa shape index (κ1) is 15.6. The molecule has 1 aliphatic rings. The fraction of sp³-hybridized carbons (Fsp3) is 0.250. The minimum absolute atomic E-state index is 0.0293. The highest BCUT2D eigenvalue weighted by Gasteiger charge is 2.29. The smallest absolute Gasteiger partial charge is 0.257 e. The molecule has 5 heteroatoms. The van der Waals surface area contributed by atoms with Gasteiger partial charge in [0.2, 0.25) is 0 Å². The van der Waals surface area contributed by atoms with Crippen LogP contribution in [0.25, 0.3) is 5.82 Å². The highest BCUT2D eigenvalue weighted by molar-refractivity contribution is 5.95. The van der Waals surface area contributed by atoms with Gasteiger partial charge in [-0.05, 0) is 43.5 Å². The molecule has 0 saturated heterocycles. The summed E-state index contributed by atoms with van der Waals surface area (Å²) in [5.41, 5.74) is 4.01. The number of aromatic nitrogens is 3. The lowest BCUT2D eigenvalue weighted by atomic mass is 9.94. The molecule has 1 aliphatic heterocycles. The predicted octanol–water partition coefficient (Wildman–Crippen LogP) is 3.16. The molecule has 5 nitrogen and oxygen atoms in total. The van der Waals surface area contributed by atoms with Gasteiger partial charge in [-0.15, -0.1) is 0 Å². The van der Waals surface area contributed by atoms with Crippen LogP contribution >= 0.6 is 0 Å². The van der Waals surface area contributed by atoms with Crippen LogP contribution in [0, 0.1) is 6.92 Å². The van der Waals surface area contributed by atoms with E-state index in [2.05, 4.69) is 35.2 Å². The van der Waals surface area contributed by atoms with Crippen molar-refractivity contribution in [1.29, 1.82) is 0 Å². The topological polar surface area (TPSA) is 51.0 Å². The standard InChI is InChI=1S/C20H20N4O/c1-14-11-16-7-3-4-8-17(16)13-23(14)20(25)18-12-22-24(15(18)2)19-9-5-6-10-21-19/h3-10,12,14H,11,13H2,1-2H3. The summed E-state index contributed by atoms with van der Waals surface area (Å²) in [6.45, 7) is 4.66. The van der Waals surface area contributed by atoms with Gasteiger partial charge < -0.3 is 4.90 Å². The van der Waals surface area contributed by atoms with Crippen molar-refractivity contribution in [2.75, 3.05) is 0 Å². The van der Waals surface area contributed by atoms with Crippen molar-refractivity contribution in [3.8, 4) is 5.82 Å². The normalized spacial score (nSPS) is 16.6. The Morgan fingerprint density at radius 3 is 2.64 bits per heavy atom. The van der Waals surface area contributed by atoms with Gasteiger partial charge in [0.05, 0.1) is 17.5 Å². The van der Waals surface area contributed by atoms with Crippen molar-refractivity contribution >= 4 is 5.91 Å². The third-order valence-corrected chi connectivity index (χ3v) is 4.87. The maximum Gasteiger partial charge on any atom is 0.257 e. The van der Waals surface area contributed by atoms with E-state index in [1.165, 1.54) is 11.1 Å². The van der Waals surface area contributed by atoms with Crippen LogP contribution in [0.2, 0.25) is 0 Å². The van der Waals surface area contributed by atoms with Crippen LogP contribution in [0.1, 0.15) is 34.1 Å². The van der Waals surface area contributed by atoms with Gasteiger partial charge in [-0.3, -0.25) is 4.79 Å². The van der Waals surface area contributed by atoms with E-state index in [1.807, 2.05) is 36.1 Å². The van der Waals surface area contributed by atoms with E-state index in [4.69, 9.17) is 0 Å². The molecule has 0 saturated carbocycles. The minimum atomic E-state index is 0.0293. The van der Waals surface area contributed by atoms with E-state index in [1.54, 1.807) is 17.1 Å². The zero-order chi connectivity index (χ0) is 17.4. The Bertz CT molecular complexity index is 916. The van der Waals surface area contributed by atoms with Gasteiger partial charge in [-0.1, -0.05) is 30.3 Å². The summed E-state index contributed by atoms with van der Waals surface area (Å²) < 4.78 is 1.72. The minimum Gasteiger partial charge on any atom is -0.331 e. The molecule has 25 heavy (non-hydrogen) atoms. The van der Waals surface area contributed by atoms with Crippen LogP contribution in [0.3, 0.4) is 0 Å². The maximum atomic E-state index is 13.1. The summed E-state index contributed by atoms with van der Waals surface area (Å²) in [4.78, 5) is 19.4. The zero-order valence-corrected chi connectivity index (χ0v) is 14.4. The summed E-state index contributed by atoms with van der Waals surface area (Å²) in [5.74, 6) is 0.748. The second-order valence-electron chi connectivity index (χ2n) is 6.50. The lowest BCUT2D eigenvalue weighted by molar-refractivity contribution is 0.0657. The van der Waals surface area contributed by atoms with E-state index in [-0.39, 0.29) is 11.9 Å². The number of pyridine rings is 1. The Hall–Kier alpha value is -2.95. The Morgan fingerprint density at radius 1 is 1.12 bits per heavy atom. The van der Waals surface area contributed by atoms with Gasteiger partial charge in [-0.25, -0.2) is 9.67 Å². The van der Waals surface area contributed by atoms with Gasteiger partial charge >= 0.3 is 0 Å². The second kappa shape index (κ2) is 6.16. The lowest BCUT2D eigenvalue weighted by Crippen LogP contribution is -2.42. The molecule has 0 bridgehead atoms. The monoisotopic (exact) mass is 332 g/mol. The number of nitrogens with zero attached hydrogens (tertiary/aromatic N) is 4. The number of carbonyl (C=O) groups excluding carboxylic acids is 1. The molecule has 1 amide bonds. The number of fused-ring (bicyclic) bond motifs is 1. The highest BCUT2D eigenvalue weighted by atomic mass is 16.2. The van der Waals surface area contributed by atoms with Crippen LogP contribution in [0.4, 0.5) is 0 Å². The van der Waals surface area contributed by atoms with Gasteiger partial charge in [0.1, 0.15) is 0 Å². The molecule has 1 atom stereocenters. The lowest BCUT2D eigenvalue weighted by Gasteiger charge is -2.34. The highest BCUT2D eigenvalue weighted by Crippen LogP contribution is 2.25. The summed E-state index contributed by atoms with van der Waals surface area (Å²) >= 11 is 0. The maximum absolute atomic E-state index is 13.1. The fourth-order valence-corrected chi connectivity index (χ4v) is 3.43. The molecule has 2 aromatic heterocycles. The van der Waals surface area contributed by atoms with Crippen LogP contribution < -0.4 is 0 Å². The van der Waals surface area contributed by atoms with E-state index < -0.39 is 0 Å². The van der Waals surface area contributed by atoms with Crippen LogP contribution in [-0.4, -0.2) is 31.6 Å². The van der Waals surface area contributed by atoms with Crippen molar-refractivity contribution in [2.24, 2.45) is 0 Å². The molecule has 1 unspecified atom stereocenters. The number of rotatable bonds is 2. The van der Waals surface area contributed by atoms with E-state index in [9.17, 15) is 4.79 Å². The number of hydrogen-bond acceptors (Lipinski definition) is 3. The van der Waals surface area contributed by atoms with Gasteiger partial charge in [0, 0.05) is 18.8 Å². The van der Waals surface area contributed by atoms with Crippen molar-refractivity contribution in [3.05, 3.63) is 77.2 Å². The van der Waals surface area contributed by atoms with Crippen LogP contribution in [0.5, 0.6) is 0 Å². The average Bonchev–Trinajstić information content (AvgIpc) is 3.03. The van der Waals surface area contributed by atoms with Crippen LogP contribution in [0.15, 0.2) is 54.9 Å². The molecular formula is C20H20N4O. The largest absolute Gasteiger partial charge is 0.331 e. The number of amides is 1. The zero-order valence-electron chi connectivity index (χ0n) is 14.4. The molecule has 0 fully saturated rings. The third-order valence-electron chi connectivity index (χ3n) is 4.87. The first-order chi connectivity index (χ1) is 12.1. The quantitative estimate of drug-likeness (QED) is 0.724. The SMILES string of the molecule is Cc1c(C(=O)N2Cc3ccccc3CC2C)cnn1-c1ccccn1. The summed E-state index contributed by atoms with van der Waals surface area (Å²) in [7, 11) is 0. The first-order valence-corrected chi connectivity index (χ1v) is 8.49. The molecule has 0 aliphatic carbocycles. The Kier molecular flexibility index (Phi) is 3.84. The fourth-order valence-electron chi connectivity index (χ4n) is 3.43. The summed E-state index contributed by atoms with van der Waals surface area (Å²) in [6.07, 6.45) is 4.26. The average molecular weight is 332 g/mol. The molecular weight excluding hydrogens is 312 g/mol. The van der Waals surface area contributed by atoms with Crippen molar-refractivity contribution in [1.82, 2.24) is 19.7 Å². The van der Waals surface area contributed by atoms with Gasteiger partial charge in [0.25, 0.3) is 5.91 Å². The van der Waals surface area contributed by atoms with Crippen LogP contribution in [-0.2, 0) is 13.0 Å².